The molecule has 3 heterocycles. The number of nitrogens with zero attached hydrogens (tertiary/aromatic N) is 3. The Labute approximate surface area is 249 Å². The normalized spacial score (nSPS) is 16.8. The molecule has 40 heavy (non-hydrogen) atoms. The zero-order chi connectivity index (χ0) is 28.6. The summed E-state index contributed by atoms with van der Waals surface area (Å²) >= 11 is 19.0. The van der Waals surface area contributed by atoms with Crippen molar-refractivity contribution in [3.8, 4) is 5.69 Å². The van der Waals surface area contributed by atoms with Crippen LogP contribution in [-0.2, 0) is 9.53 Å². The van der Waals surface area contributed by atoms with Gasteiger partial charge < -0.3 is 24.8 Å². The van der Waals surface area contributed by atoms with Crippen LogP contribution in [0, 0.1) is 20.8 Å². The lowest BCUT2D eigenvalue weighted by Crippen LogP contribution is -2.30. The Morgan fingerprint density at radius 1 is 1.05 bits per heavy atom. The lowest BCUT2D eigenvalue weighted by atomic mass is 9.93. The first-order chi connectivity index (χ1) is 19.2. The highest BCUT2D eigenvalue weighted by Crippen LogP contribution is 2.46. The van der Waals surface area contributed by atoms with Gasteiger partial charge in [0.05, 0.1) is 28.5 Å². The number of carbonyl (C=O) groups excluding carboxylic acids is 1. The number of hydrogen-bond donors (Lipinski definition) is 2. The van der Waals surface area contributed by atoms with Crippen molar-refractivity contribution in [2.45, 2.75) is 32.9 Å². The van der Waals surface area contributed by atoms with Crippen LogP contribution in [0.4, 0.5) is 11.4 Å². The number of anilines is 2. The molecule has 2 aromatic heterocycles. The largest absolute Gasteiger partial charge is 0.375 e. The van der Waals surface area contributed by atoms with Crippen LogP contribution in [0.2, 0.25) is 10.0 Å². The molecular weight excluding hydrogens is 565 g/mol. The maximum absolute atomic E-state index is 12.1. The average Bonchev–Trinajstić information content (AvgIpc) is 3.37. The van der Waals surface area contributed by atoms with E-state index in [1.165, 1.54) is 7.11 Å². The molecule has 1 aliphatic heterocycles. The number of rotatable bonds is 7. The minimum absolute atomic E-state index is 0.0619. The summed E-state index contributed by atoms with van der Waals surface area (Å²) in [6.07, 6.45) is 1.79. The summed E-state index contributed by atoms with van der Waals surface area (Å²) in [6.45, 7) is 6.30. The van der Waals surface area contributed by atoms with E-state index in [1.54, 1.807) is 12.3 Å². The first-order valence-electron chi connectivity index (χ1n) is 12.7. The molecule has 1 aliphatic rings. The number of nitrogens with one attached hydrogen (secondary N) is 2. The highest BCUT2D eigenvalue weighted by atomic mass is 35.5. The number of ether oxygens (including phenoxy) is 1. The lowest BCUT2D eigenvalue weighted by molar-refractivity contribution is -0.119. The van der Waals surface area contributed by atoms with E-state index in [2.05, 4.69) is 51.9 Å². The molecule has 4 aromatic rings. The summed E-state index contributed by atoms with van der Waals surface area (Å²) in [6, 6.07) is 18.8. The number of benzene rings is 2. The van der Waals surface area contributed by atoms with Gasteiger partial charge >= 0.3 is 0 Å². The fourth-order valence-corrected chi connectivity index (χ4v) is 6.20. The van der Waals surface area contributed by atoms with Crippen molar-refractivity contribution in [2.24, 2.45) is 0 Å². The number of carbonyl (C=O) groups is 1. The van der Waals surface area contributed by atoms with E-state index in [-0.39, 0.29) is 24.6 Å². The highest BCUT2D eigenvalue weighted by molar-refractivity contribution is 7.80. The Morgan fingerprint density at radius 3 is 2.52 bits per heavy atom. The van der Waals surface area contributed by atoms with Gasteiger partial charge in [0.2, 0.25) is 5.91 Å². The van der Waals surface area contributed by atoms with Gasteiger partial charge in [0.1, 0.15) is 6.61 Å². The van der Waals surface area contributed by atoms with Crippen LogP contribution in [-0.4, -0.2) is 34.3 Å². The second-order valence-corrected chi connectivity index (χ2v) is 10.9. The van der Waals surface area contributed by atoms with Gasteiger partial charge in [-0.25, -0.2) is 0 Å². The van der Waals surface area contributed by atoms with Gasteiger partial charge in [-0.2, -0.15) is 0 Å². The molecule has 0 spiro atoms. The first-order valence-corrected chi connectivity index (χ1v) is 13.9. The summed E-state index contributed by atoms with van der Waals surface area (Å²) in [4.78, 5) is 18.9. The second-order valence-electron chi connectivity index (χ2n) is 9.67. The number of amides is 1. The van der Waals surface area contributed by atoms with Crippen molar-refractivity contribution in [1.82, 2.24) is 14.9 Å². The molecule has 10 heteroatoms. The van der Waals surface area contributed by atoms with E-state index in [4.69, 9.17) is 40.2 Å². The average molecular weight is 595 g/mol. The van der Waals surface area contributed by atoms with Crippen molar-refractivity contribution >= 4 is 57.8 Å². The Bertz CT molecular complexity index is 1590. The van der Waals surface area contributed by atoms with E-state index in [0.717, 1.165) is 39.6 Å². The topological polar surface area (TPSA) is 71.4 Å². The van der Waals surface area contributed by atoms with Crippen molar-refractivity contribution in [3.05, 3.63) is 105 Å². The summed E-state index contributed by atoms with van der Waals surface area (Å²) < 4.78 is 7.15. The van der Waals surface area contributed by atoms with Gasteiger partial charge in [0.25, 0.3) is 0 Å². The predicted molar refractivity (Wildman–Crippen MR) is 165 cm³/mol. The number of pyridine rings is 1. The van der Waals surface area contributed by atoms with Crippen molar-refractivity contribution in [1.29, 1.82) is 0 Å². The first kappa shape index (κ1) is 28.1. The SMILES string of the molecule is COCC(=O)Nc1ccc(N2C(=S)N[C@H](c3ccccn3)[C@H]2c2c(C)c(C)n(-c3cccc(Cl)c3)c2C)cc1Cl. The van der Waals surface area contributed by atoms with E-state index < -0.39 is 0 Å². The van der Waals surface area contributed by atoms with Crippen LogP contribution < -0.4 is 15.5 Å². The highest BCUT2D eigenvalue weighted by Gasteiger charge is 2.43. The minimum Gasteiger partial charge on any atom is -0.375 e. The maximum atomic E-state index is 12.1. The van der Waals surface area contributed by atoms with Gasteiger partial charge in [-0.1, -0.05) is 35.3 Å². The minimum atomic E-state index is -0.285. The molecule has 2 aromatic carbocycles. The molecule has 1 amide bonds. The smallest absolute Gasteiger partial charge is 0.250 e. The third kappa shape index (κ3) is 5.20. The molecule has 206 valence electrons. The molecule has 0 aliphatic carbocycles. The van der Waals surface area contributed by atoms with Crippen LogP contribution in [0.3, 0.4) is 0 Å². The molecule has 7 nitrogen and oxygen atoms in total. The zero-order valence-corrected chi connectivity index (χ0v) is 24.9. The monoisotopic (exact) mass is 593 g/mol. The third-order valence-electron chi connectivity index (χ3n) is 7.25. The summed E-state index contributed by atoms with van der Waals surface area (Å²) in [7, 11) is 1.47. The second kappa shape index (κ2) is 11.6. The van der Waals surface area contributed by atoms with Gasteiger partial charge in [0.15, 0.2) is 5.11 Å². The molecular formula is C30H29Cl2N5O2S. The van der Waals surface area contributed by atoms with Crippen LogP contribution in [0.25, 0.3) is 5.69 Å². The number of methoxy groups -OCH3 is 1. The van der Waals surface area contributed by atoms with Crippen LogP contribution in [0.5, 0.6) is 0 Å². The molecule has 0 bridgehead atoms. The Hall–Kier alpha value is -3.43. The summed E-state index contributed by atoms with van der Waals surface area (Å²) in [5.74, 6) is -0.285. The molecule has 0 radical (unpaired) electrons. The van der Waals surface area contributed by atoms with Gasteiger partial charge in [-0.15, -0.1) is 0 Å². The summed E-state index contributed by atoms with van der Waals surface area (Å²) in [5.41, 5.74) is 7.63. The molecule has 2 N–H and O–H groups in total. The van der Waals surface area contributed by atoms with Crippen molar-refractivity contribution in [2.75, 3.05) is 23.9 Å². The standard InChI is InChI=1S/C30H29Cl2N5O2S/c1-17-18(2)36(21-9-7-8-20(31)14-21)19(3)27(17)29-28(25-10-5-6-13-33-25)35-30(40)37(29)22-11-12-24(23(32)15-22)34-26(38)16-39-4/h5-15,28-29H,16H2,1-4H3,(H,34,38)(H,35,40)/t28-,29-/m1/s1. The number of hydrogen-bond acceptors (Lipinski definition) is 4. The van der Waals surface area contributed by atoms with Crippen molar-refractivity contribution in [3.63, 3.8) is 0 Å². The molecule has 5 rings (SSSR count). The Balaban J connectivity index is 1.65. The predicted octanol–water partition coefficient (Wildman–Crippen LogP) is 6.87. The van der Waals surface area contributed by atoms with Crippen LogP contribution >= 0.6 is 35.4 Å². The zero-order valence-electron chi connectivity index (χ0n) is 22.5. The summed E-state index contributed by atoms with van der Waals surface area (Å²) in [5, 5.41) is 7.92. The van der Waals surface area contributed by atoms with Gasteiger partial charge in [-0.3, -0.25) is 9.78 Å². The molecule has 0 saturated carbocycles. The van der Waals surface area contributed by atoms with E-state index >= 15 is 0 Å². The van der Waals surface area contributed by atoms with Gasteiger partial charge in [0, 0.05) is 46.7 Å². The van der Waals surface area contributed by atoms with Crippen LogP contribution in [0.15, 0.2) is 66.9 Å². The molecule has 1 fully saturated rings. The number of aromatic nitrogens is 2. The van der Waals surface area contributed by atoms with E-state index in [9.17, 15) is 4.79 Å². The van der Waals surface area contributed by atoms with E-state index in [1.807, 2.05) is 48.5 Å². The third-order valence-corrected chi connectivity index (χ3v) is 8.11. The number of thiocarbonyl (C=S) groups is 1. The van der Waals surface area contributed by atoms with Crippen LogP contribution in [0.1, 0.15) is 40.3 Å². The molecule has 2 atom stereocenters. The van der Waals surface area contributed by atoms with Gasteiger partial charge in [-0.05, 0) is 87.1 Å². The Morgan fingerprint density at radius 2 is 1.85 bits per heavy atom. The maximum Gasteiger partial charge on any atom is 0.250 e. The molecule has 0 unspecified atom stereocenters. The number of halogens is 2. The Kier molecular flexibility index (Phi) is 8.14. The quantitative estimate of drug-likeness (QED) is 0.228. The molecule has 1 saturated heterocycles. The lowest BCUT2D eigenvalue weighted by Gasteiger charge is -2.29. The van der Waals surface area contributed by atoms with Crippen molar-refractivity contribution < 1.29 is 9.53 Å². The fraction of sp³-hybridized carbons (Fsp3) is 0.233. The fourth-order valence-electron chi connectivity index (χ4n) is 5.44. The van der Waals surface area contributed by atoms with E-state index in [0.29, 0.717) is 20.8 Å².